The lowest BCUT2D eigenvalue weighted by Crippen LogP contribution is -2.29. The third-order valence-corrected chi connectivity index (χ3v) is 5.93. The molecule has 0 aromatic heterocycles. The molecule has 0 fully saturated rings. The SMILES string of the molecule is Cc1ccc(S(=O)(=O)NC(CCC2C=CC=C2)c2ccccc2)cc1. The number of hydrogen-bond acceptors (Lipinski definition) is 2. The molecule has 1 aliphatic rings. The lowest BCUT2D eigenvalue weighted by molar-refractivity contribution is 0.512. The predicted molar refractivity (Wildman–Crippen MR) is 102 cm³/mol. The molecule has 1 N–H and O–H groups in total. The molecule has 1 atom stereocenters. The van der Waals surface area contributed by atoms with Gasteiger partial charge < -0.3 is 0 Å². The van der Waals surface area contributed by atoms with Crippen LogP contribution in [0.15, 0.2) is 83.8 Å². The van der Waals surface area contributed by atoms with E-state index in [0.717, 1.165) is 24.0 Å². The highest BCUT2D eigenvalue weighted by atomic mass is 32.2. The average molecular weight is 353 g/mol. The van der Waals surface area contributed by atoms with Crippen LogP contribution in [0, 0.1) is 12.8 Å². The smallest absolute Gasteiger partial charge is 0.207 e. The van der Waals surface area contributed by atoms with Gasteiger partial charge in [0.2, 0.25) is 10.0 Å². The van der Waals surface area contributed by atoms with Crippen LogP contribution in [0.4, 0.5) is 0 Å². The minimum Gasteiger partial charge on any atom is -0.207 e. The van der Waals surface area contributed by atoms with E-state index in [0.29, 0.717) is 10.8 Å². The van der Waals surface area contributed by atoms with Crippen LogP contribution >= 0.6 is 0 Å². The summed E-state index contributed by atoms with van der Waals surface area (Å²) in [7, 11) is -3.56. The molecule has 130 valence electrons. The molecule has 0 spiro atoms. The first kappa shape index (κ1) is 17.6. The van der Waals surface area contributed by atoms with Crippen LogP contribution in [0.3, 0.4) is 0 Å². The fraction of sp³-hybridized carbons (Fsp3) is 0.238. The number of hydrogen-bond donors (Lipinski definition) is 1. The second-order valence-corrected chi connectivity index (χ2v) is 8.12. The second-order valence-electron chi connectivity index (χ2n) is 6.41. The van der Waals surface area contributed by atoms with Gasteiger partial charge in [0.15, 0.2) is 0 Å². The van der Waals surface area contributed by atoms with E-state index in [1.807, 2.05) is 61.5 Å². The minimum atomic E-state index is -3.56. The van der Waals surface area contributed by atoms with E-state index >= 15 is 0 Å². The fourth-order valence-corrected chi connectivity index (χ4v) is 4.24. The van der Waals surface area contributed by atoms with Gasteiger partial charge in [0, 0.05) is 6.04 Å². The van der Waals surface area contributed by atoms with Gasteiger partial charge in [0.05, 0.1) is 4.90 Å². The first-order chi connectivity index (χ1) is 12.0. The monoisotopic (exact) mass is 353 g/mol. The van der Waals surface area contributed by atoms with Crippen LogP contribution in [0.5, 0.6) is 0 Å². The summed E-state index contributed by atoms with van der Waals surface area (Å²) in [4.78, 5) is 0.305. The Balaban J connectivity index is 1.79. The van der Waals surface area contributed by atoms with E-state index in [-0.39, 0.29) is 6.04 Å². The Morgan fingerprint density at radius 3 is 2.24 bits per heavy atom. The van der Waals surface area contributed by atoms with Gasteiger partial charge >= 0.3 is 0 Å². The van der Waals surface area contributed by atoms with Gasteiger partial charge in [-0.25, -0.2) is 13.1 Å². The summed E-state index contributed by atoms with van der Waals surface area (Å²) >= 11 is 0. The number of sulfonamides is 1. The molecule has 1 unspecified atom stereocenters. The van der Waals surface area contributed by atoms with Crippen molar-refractivity contribution < 1.29 is 8.42 Å². The van der Waals surface area contributed by atoms with E-state index in [9.17, 15) is 8.42 Å². The van der Waals surface area contributed by atoms with Crippen molar-refractivity contribution in [3.8, 4) is 0 Å². The summed E-state index contributed by atoms with van der Waals surface area (Å²) in [5.74, 6) is 0.384. The van der Waals surface area contributed by atoms with Crippen LogP contribution in [0.2, 0.25) is 0 Å². The van der Waals surface area contributed by atoms with Crippen molar-refractivity contribution in [2.24, 2.45) is 5.92 Å². The zero-order chi connectivity index (χ0) is 17.7. The third kappa shape index (κ3) is 4.68. The van der Waals surface area contributed by atoms with Gasteiger partial charge in [-0.2, -0.15) is 0 Å². The first-order valence-electron chi connectivity index (χ1n) is 8.53. The normalized spacial score (nSPS) is 15.6. The summed E-state index contributed by atoms with van der Waals surface area (Å²) in [6.45, 7) is 1.94. The van der Waals surface area contributed by atoms with Crippen molar-refractivity contribution in [1.29, 1.82) is 0 Å². The maximum atomic E-state index is 12.8. The molecule has 0 radical (unpaired) electrons. The Bertz CT molecular complexity index is 841. The maximum Gasteiger partial charge on any atom is 0.241 e. The average Bonchev–Trinajstić information content (AvgIpc) is 3.13. The van der Waals surface area contributed by atoms with Gasteiger partial charge in [-0.3, -0.25) is 0 Å². The Kier molecular flexibility index (Phi) is 5.51. The second kappa shape index (κ2) is 7.81. The molecule has 3 rings (SSSR count). The van der Waals surface area contributed by atoms with E-state index in [1.54, 1.807) is 12.1 Å². The molecule has 0 heterocycles. The van der Waals surface area contributed by atoms with Crippen LogP contribution in [-0.4, -0.2) is 8.42 Å². The quantitative estimate of drug-likeness (QED) is 0.794. The molecule has 3 nitrogen and oxygen atoms in total. The van der Waals surface area contributed by atoms with E-state index in [4.69, 9.17) is 0 Å². The molecule has 0 aliphatic heterocycles. The van der Waals surface area contributed by atoms with Crippen LogP contribution in [0.1, 0.15) is 30.0 Å². The summed E-state index contributed by atoms with van der Waals surface area (Å²) in [6.07, 6.45) is 10.0. The number of aryl methyl sites for hydroxylation is 1. The summed E-state index contributed by atoms with van der Waals surface area (Å²) < 4.78 is 28.5. The Labute approximate surface area is 150 Å². The first-order valence-corrected chi connectivity index (χ1v) is 10.0. The largest absolute Gasteiger partial charge is 0.241 e. The number of allylic oxidation sites excluding steroid dienone is 4. The van der Waals surface area contributed by atoms with Crippen LogP contribution in [-0.2, 0) is 10.0 Å². The van der Waals surface area contributed by atoms with Gasteiger partial charge in [-0.15, -0.1) is 0 Å². The van der Waals surface area contributed by atoms with Crippen molar-refractivity contribution in [3.05, 3.63) is 90.0 Å². The number of benzene rings is 2. The van der Waals surface area contributed by atoms with Crippen LogP contribution < -0.4 is 4.72 Å². The standard InChI is InChI=1S/C21H23NO2S/c1-17-11-14-20(15-12-17)25(23,24)22-21(19-9-3-2-4-10-19)16-13-18-7-5-6-8-18/h2-12,14-15,18,21-22H,13,16H2,1H3. The highest BCUT2D eigenvalue weighted by molar-refractivity contribution is 7.89. The molecule has 4 heteroatoms. The summed E-state index contributed by atoms with van der Waals surface area (Å²) in [5.41, 5.74) is 2.03. The molecular weight excluding hydrogens is 330 g/mol. The van der Waals surface area contributed by atoms with E-state index in [2.05, 4.69) is 16.9 Å². The third-order valence-electron chi connectivity index (χ3n) is 4.45. The Morgan fingerprint density at radius 2 is 1.60 bits per heavy atom. The van der Waals surface area contributed by atoms with Crippen molar-refractivity contribution in [2.45, 2.75) is 30.7 Å². The molecule has 2 aromatic carbocycles. The Morgan fingerprint density at radius 1 is 0.960 bits per heavy atom. The molecular formula is C21H23NO2S. The van der Waals surface area contributed by atoms with Gasteiger partial charge in [0.25, 0.3) is 0 Å². The molecule has 0 saturated heterocycles. The van der Waals surface area contributed by atoms with Gasteiger partial charge in [0.1, 0.15) is 0 Å². The fourth-order valence-electron chi connectivity index (χ4n) is 2.98. The van der Waals surface area contributed by atoms with Crippen molar-refractivity contribution in [1.82, 2.24) is 4.72 Å². The molecule has 0 saturated carbocycles. The topological polar surface area (TPSA) is 46.2 Å². The number of nitrogens with one attached hydrogen (secondary N) is 1. The number of rotatable bonds is 7. The van der Waals surface area contributed by atoms with Crippen molar-refractivity contribution in [3.63, 3.8) is 0 Å². The van der Waals surface area contributed by atoms with Crippen LogP contribution in [0.25, 0.3) is 0 Å². The highest BCUT2D eigenvalue weighted by Crippen LogP contribution is 2.26. The lowest BCUT2D eigenvalue weighted by atomic mass is 9.97. The minimum absolute atomic E-state index is 0.241. The zero-order valence-corrected chi connectivity index (χ0v) is 15.1. The summed E-state index contributed by atoms with van der Waals surface area (Å²) in [5, 5.41) is 0. The van der Waals surface area contributed by atoms with Gasteiger partial charge in [-0.1, -0.05) is 72.3 Å². The molecule has 0 bridgehead atoms. The highest BCUT2D eigenvalue weighted by Gasteiger charge is 2.22. The summed E-state index contributed by atoms with van der Waals surface area (Å²) in [6, 6.07) is 16.5. The molecule has 0 amide bonds. The van der Waals surface area contributed by atoms with E-state index in [1.165, 1.54) is 0 Å². The van der Waals surface area contributed by atoms with Crippen molar-refractivity contribution >= 4 is 10.0 Å². The molecule has 25 heavy (non-hydrogen) atoms. The maximum absolute atomic E-state index is 12.8. The van der Waals surface area contributed by atoms with Crippen molar-refractivity contribution in [2.75, 3.05) is 0 Å². The van der Waals surface area contributed by atoms with Gasteiger partial charge in [-0.05, 0) is 43.4 Å². The Hall–Kier alpha value is -2.17. The molecule has 1 aliphatic carbocycles. The van der Waals surface area contributed by atoms with E-state index < -0.39 is 10.0 Å². The lowest BCUT2D eigenvalue weighted by Gasteiger charge is -2.20. The predicted octanol–water partition coefficient (Wildman–Crippen LogP) is 4.54. The zero-order valence-electron chi connectivity index (χ0n) is 14.3. The molecule has 2 aromatic rings.